The van der Waals surface area contributed by atoms with Crippen LogP contribution < -0.4 is 0 Å². The predicted molar refractivity (Wildman–Crippen MR) is 84.8 cm³/mol. The van der Waals surface area contributed by atoms with Crippen LogP contribution in [0.3, 0.4) is 0 Å². The summed E-state index contributed by atoms with van der Waals surface area (Å²) in [6.45, 7) is 0. The number of nitrogens with one attached hydrogen (secondary N) is 1. The Morgan fingerprint density at radius 1 is 1.26 bits per heavy atom. The Labute approximate surface area is 135 Å². The number of hydrogen-bond acceptors (Lipinski definition) is 5. The standard InChI is InChI=1S/C16H12FN3O2S/c17-11-3-1-10(2-4-11)7-12-5-6-15(23-12)13(21)8-14(22)16-18-9-19-20-16/h1-6,8-9,22H,7H2,(H,18,19,20). The molecule has 2 heterocycles. The van der Waals surface area contributed by atoms with Crippen LogP contribution in [-0.2, 0) is 6.42 Å². The molecule has 0 bridgehead atoms. The molecular weight excluding hydrogens is 317 g/mol. The number of hydrogen-bond donors (Lipinski definition) is 2. The maximum atomic E-state index is 12.9. The smallest absolute Gasteiger partial charge is 0.199 e. The van der Waals surface area contributed by atoms with E-state index >= 15 is 0 Å². The molecule has 7 heteroatoms. The van der Waals surface area contributed by atoms with Gasteiger partial charge in [0.1, 0.15) is 12.1 Å². The zero-order chi connectivity index (χ0) is 16.2. The number of allylic oxidation sites excluding steroid dienone is 1. The van der Waals surface area contributed by atoms with Gasteiger partial charge in [0.05, 0.1) is 4.88 Å². The number of ketones is 1. The highest BCUT2D eigenvalue weighted by Gasteiger charge is 2.11. The summed E-state index contributed by atoms with van der Waals surface area (Å²) in [5.41, 5.74) is 0.965. The van der Waals surface area contributed by atoms with E-state index in [0.29, 0.717) is 11.3 Å². The second-order valence-electron chi connectivity index (χ2n) is 4.80. The van der Waals surface area contributed by atoms with E-state index < -0.39 is 0 Å². The lowest BCUT2D eigenvalue weighted by Crippen LogP contribution is -1.94. The highest BCUT2D eigenvalue weighted by molar-refractivity contribution is 7.14. The fraction of sp³-hybridized carbons (Fsp3) is 0.0625. The molecule has 0 atom stereocenters. The van der Waals surface area contributed by atoms with Crippen LogP contribution in [0.2, 0.25) is 0 Å². The molecule has 23 heavy (non-hydrogen) atoms. The van der Waals surface area contributed by atoms with E-state index in [9.17, 15) is 14.3 Å². The lowest BCUT2D eigenvalue weighted by atomic mass is 10.1. The van der Waals surface area contributed by atoms with Crippen LogP contribution in [0, 0.1) is 5.82 Å². The predicted octanol–water partition coefficient (Wildman–Crippen LogP) is 3.38. The maximum absolute atomic E-state index is 12.9. The van der Waals surface area contributed by atoms with Crippen molar-refractivity contribution in [2.75, 3.05) is 0 Å². The van der Waals surface area contributed by atoms with Crippen LogP contribution in [0.5, 0.6) is 0 Å². The van der Waals surface area contributed by atoms with Gasteiger partial charge in [-0.2, -0.15) is 5.10 Å². The molecule has 0 fully saturated rings. The summed E-state index contributed by atoms with van der Waals surface area (Å²) in [7, 11) is 0. The number of rotatable bonds is 5. The van der Waals surface area contributed by atoms with E-state index in [-0.39, 0.29) is 23.2 Å². The first-order valence-electron chi connectivity index (χ1n) is 6.76. The average molecular weight is 329 g/mol. The summed E-state index contributed by atoms with van der Waals surface area (Å²) in [5.74, 6) is -0.708. The van der Waals surface area contributed by atoms with Gasteiger partial charge in [-0.1, -0.05) is 12.1 Å². The first-order valence-corrected chi connectivity index (χ1v) is 7.57. The monoisotopic (exact) mass is 329 g/mol. The molecule has 0 spiro atoms. The molecule has 116 valence electrons. The molecule has 0 aliphatic heterocycles. The molecule has 2 aromatic heterocycles. The average Bonchev–Trinajstić information content (AvgIpc) is 3.21. The fourth-order valence-corrected chi connectivity index (χ4v) is 2.95. The van der Waals surface area contributed by atoms with Gasteiger partial charge in [0.2, 0.25) is 0 Å². The number of benzene rings is 1. The maximum Gasteiger partial charge on any atom is 0.199 e. The van der Waals surface area contributed by atoms with Crippen molar-refractivity contribution in [2.24, 2.45) is 0 Å². The van der Waals surface area contributed by atoms with E-state index in [1.54, 1.807) is 18.2 Å². The first kappa shape index (κ1) is 15.1. The Balaban J connectivity index is 1.72. The lowest BCUT2D eigenvalue weighted by molar-refractivity contribution is 0.104. The summed E-state index contributed by atoms with van der Waals surface area (Å²) in [6, 6.07) is 9.80. The number of aliphatic hydroxyl groups excluding tert-OH is 1. The van der Waals surface area contributed by atoms with Crippen molar-refractivity contribution in [3.63, 3.8) is 0 Å². The number of aromatic nitrogens is 3. The van der Waals surface area contributed by atoms with Gasteiger partial charge in [0.25, 0.3) is 0 Å². The Morgan fingerprint density at radius 2 is 2.04 bits per heavy atom. The Bertz CT molecular complexity index is 839. The number of thiophene rings is 1. The molecule has 0 aliphatic carbocycles. The molecule has 3 rings (SSSR count). The van der Waals surface area contributed by atoms with Gasteiger partial charge < -0.3 is 5.11 Å². The Kier molecular flexibility index (Phi) is 4.29. The summed E-state index contributed by atoms with van der Waals surface area (Å²) in [4.78, 5) is 17.4. The zero-order valence-electron chi connectivity index (χ0n) is 11.9. The molecule has 0 unspecified atom stereocenters. The van der Waals surface area contributed by atoms with Crippen LogP contribution in [0.1, 0.15) is 25.9 Å². The van der Waals surface area contributed by atoms with E-state index in [1.165, 1.54) is 29.8 Å². The van der Waals surface area contributed by atoms with Crippen molar-refractivity contribution in [3.05, 3.63) is 75.8 Å². The molecule has 2 N–H and O–H groups in total. The number of H-pyrrole nitrogens is 1. The van der Waals surface area contributed by atoms with Gasteiger partial charge in [-0.3, -0.25) is 9.89 Å². The summed E-state index contributed by atoms with van der Waals surface area (Å²) in [5, 5.41) is 15.9. The fourth-order valence-electron chi connectivity index (χ4n) is 2.00. The number of carbonyl (C=O) groups is 1. The third-order valence-corrected chi connectivity index (χ3v) is 4.22. The minimum Gasteiger partial charge on any atom is -0.504 e. The number of aliphatic hydroxyl groups is 1. The molecule has 0 saturated heterocycles. The molecule has 1 aromatic carbocycles. The van der Waals surface area contributed by atoms with Crippen molar-refractivity contribution in [3.8, 4) is 0 Å². The van der Waals surface area contributed by atoms with Crippen molar-refractivity contribution in [1.29, 1.82) is 0 Å². The van der Waals surface area contributed by atoms with Gasteiger partial charge in [0, 0.05) is 17.4 Å². The van der Waals surface area contributed by atoms with E-state index in [1.807, 2.05) is 6.07 Å². The highest BCUT2D eigenvalue weighted by atomic mass is 32.1. The van der Waals surface area contributed by atoms with Crippen LogP contribution in [0.15, 0.2) is 48.8 Å². The van der Waals surface area contributed by atoms with E-state index in [2.05, 4.69) is 15.2 Å². The zero-order valence-corrected chi connectivity index (χ0v) is 12.7. The molecule has 0 radical (unpaired) electrons. The normalized spacial score (nSPS) is 11.6. The van der Waals surface area contributed by atoms with Crippen LogP contribution >= 0.6 is 11.3 Å². The van der Waals surface area contributed by atoms with Gasteiger partial charge in [-0.25, -0.2) is 9.37 Å². The van der Waals surface area contributed by atoms with Gasteiger partial charge >= 0.3 is 0 Å². The molecule has 5 nitrogen and oxygen atoms in total. The van der Waals surface area contributed by atoms with E-state index in [4.69, 9.17) is 0 Å². The van der Waals surface area contributed by atoms with Crippen LogP contribution in [0.25, 0.3) is 5.76 Å². The third-order valence-electron chi connectivity index (χ3n) is 3.12. The summed E-state index contributed by atoms with van der Waals surface area (Å²) >= 11 is 1.33. The third kappa shape index (κ3) is 3.70. The van der Waals surface area contributed by atoms with Gasteiger partial charge in [-0.05, 0) is 29.8 Å². The van der Waals surface area contributed by atoms with Crippen LogP contribution in [-0.4, -0.2) is 26.1 Å². The molecule has 0 saturated carbocycles. The minimum absolute atomic E-state index is 0.140. The van der Waals surface area contributed by atoms with Crippen molar-refractivity contribution >= 4 is 22.9 Å². The Hall–Kier alpha value is -2.80. The quantitative estimate of drug-likeness (QED) is 0.427. The second-order valence-corrected chi connectivity index (χ2v) is 5.97. The minimum atomic E-state index is -0.311. The molecular formula is C16H12FN3O2S. The highest BCUT2D eigenvalue weighted by Crippen LogP contribution is 2.21. The number of carbonyl (C=O) groups excluding carboxylic acids is 1. The first-order chi connectivity index (χ1) is 11.1. The number of halogens is 1. The lowest BCUT2D eigenvalue weighted by Gasteiger charge is -1.98. The Morgan fingerprint density at radius 3 is 2.74 bits per heavy atom. The van der Waals surface area contributed by atoms with Crippen LogP contribution in [0.4, 0.5) is 4.39 Å². The SMILES string of the molecule is O=C(C=C(O)c1ncn[nH]1)c1ccc(Cc2ccc(F)cc2)s1. The van der Waals surface area contributed by atoms with Crippen molar-refractivity contribution in [2.45, 2.75) is 6.42 Å². The second kappa shape index (κ2) is 6.53. The van der Waals surface area contributed by atoms with E-state index in [0.717, 1.165) is 16.5 Å². The molecule has 3 aromatic rings. The summed E-state index contributed by atoms with van der Waals surface area (Å²) in [6.07, 6.45) is 2.97. The number of nitrogens with zero attached hydrogens (tertiary/aromatic N) is 2. The largest absolute Gasteiger partial charge is 0.504 e. The molecule has 0 aliphatic rings. The van der Waals surface area contributed by atoms with Gasteiger partial charge in [-0.15, -0.1) is 11.3 Å². The topological polar surface area (TPSA) is 78.9 Å². The van der Waals surface area contributed by atoms with Gasteiger partial charge in [0.15, 0.2) is 17.4 Å². The van der Waals surface area contributed by atoms with Crippen molar-refractivity contribution < 1.29 is 14.3 Å². The van der Waals surface area contributed by atoms with Crippen molar-refractivity contribution in [1.82, 2.24) is 15.2 Å². The summed E-state index contributed by atoms with van der Waals surface area (Å²) < 4.78 is 12.9. The number of aromatic amines is 1. The molecule has 0 amide bonds.